The molecule has 0 radical (unpaired) electrons. The van der Waals surface area contributed by atoms with Crippen LogP contribution >= 0.6 is 11.8 Å². The summed E-state index contributed by atoms with van der Waals surface area (Å²) < 4.78 is 32.8. The fourth-order valence-electron chi connectivity index (χ4n) is 2.57. The molecule has 1 aromatic carbocycles. The van der Waals surface area contributed by atoms with Gasteiger partial charge in [-0.2, -0.15) is 9.78 Å². The zero-order chi connectivity index (χ0) is 22.5. The van der Waals surface area contributed by atoms with Gasteiger partial charge in [-0.25, -0.2) is 18.0 Å². The van der Waals surface area contributed by atoms with Gasteiger partial charge >= 0.3 is 11.7 Å². The Kier molecular flexibility index (Phi) is 7.84. The number of benzene rings is 1. The topological polar surface area (TPSA) is 129 Å². The minimum absolute atomic E-state index is 0.0106. The summed E-state index contributed by atoms with van der Waals surface area (Å²) in [7, 11) is -1.08. The molecule has 10 nitrogen and oxygen atoms in total. The maximum Gasteiger partial charge on any atom is 0.346 e. The van der Waals surface area contributed by atoms with E-state index in [-0.39, 0.29) is 10.6 Å². The number of hydrogen-bond donors (Lipinski definition) is 1. The van der Waals surface area contributed by atoms with Crippen molar-refractivity contribution in [3.63, 3.8) is 0 Å². The molecule has 0 saturated heterocycles. The first-order chi connectivity index (χ1) is 14.0. The molecule has 1 heterocycles. The summed E-state index contributed by atoms with van der Waals surface area (Å²) in [4.78, 5) is 35.8. The van der Waals surface area contributed by atoms with Gasteiger partial charge in [-0.1, -0.05) is 17.7 Å². The van der Waals surface area contributed by atoms with Gasteiger partial charge in [-0.15, -0.1) is 11.8 Å². The third-order valence-electron chi connectivity index (χ3n) is 4.18. The Morgan fingerprint density at radius 3 is 2.40 bits per heavy atom. The molecule has 30 heavy (non-hydrogen) atoms. The Hall–Kier alpha value is -2.60. The largest absolute Gasteiger partial charge is 0.467 e. The molecule has 0 spiro atoms. The summed E-state index contributed by atoms with van der Waals surface area (Å²) >= 11 is 1.01. The molecule has 1 amide bonds. The zero-order valence-electron chi connectivity index (χ0n) is 17.1. The van der Waals surface area contributed by atoms with Crippen LogP contribution in [0.3, 0.4) is 0 Å². The Morgan fingerprint density at radius 1 is 1.27 bits per heavy atom. The van der Waals surface area contributed by atoms with Crippen molar-refractivity contribution in [2.75, 3.05) is 18.6 Å². The number of thioether (sulfide) groups is 1. The van der Waals surface area contributed by atoms with Crippen molar-refractivity contribution in [3.05, 3.63) is 46.6 Å². The van der Waals surface area contributed by atoms with Crippen molar-refractivity contribution in [1.29, 1.82) is 0 Å². The fourth-order valence-corrected chi connectivity index (χ4v) is 5.68. The summed E-state index contributed by atoms with van der Waals surface area (Å²) in [5.74, 6) is -1.55. The molecule has 1 unspecified atom stereocenters. The number of carbonyl (C=O) groups is 2. The maximum atomic E-state index is 12.9. The van der Waals surface area contributed by atoms with Gasteiger partial charge in [0.2, 0.25) is 5.91 Å². The van der Waals surface area contributed by atoms with Crippen molar-refractivity contribution in [2.24, 2.45) is 7.05 Å². The number of ether oxygens (including phenoxy) is 1. The molecule has 12 heteroatoms. The number of carbonyl (C=O) groups excluding carboxylic acids is 2. The molecule has 1 aromatic heterocycles. The summed E-state index contributed by atoms with van der Waals surface area (Å²) in [6.07, 6.45) is 1.28. The number of nitrogens with zero attached hydrogens (tertiary/aromatic N) is 3. The normalized spacial score (nSPS) is 13.5. The Balaban J connectivity index is 2.32. The van der Waals surface area contributed by atoms with Crippen LogP contribution in [0, 0.1) is 6.92 Å². The van der Waals surface area contributed by atoms with Crippen molar-refractivity contribution in [3.8, 4) is 0 Å². The van der Waals surface area contributed by atoms with Gasteiger partial charge < -0.3 is 10.1 Å². The van der Waals surface area contributed by atoms with Crippen LogP contribution in [0.5, 0.6) is 0 Å². The van der Waals surface area contributed by atoms with Gasteiger partial charge in [0.25, 0.3) is 0 Å². The zero-order valence-corrected chi connectivity index (χ0v) is 18.7. The lowest BCUT2D eigenvalue weighted by atomic mass is 10.2. The molecule has 0 aliphatic rings. The van der Waals surface area contributed by atoms with E-state index in [4.69, 9.17) is 0 Å². The lowest BCUT2D eigenvalue weighted by Crippen LogP contribution is -2.43. The lowest BCUT2D eigenvalue weighted by Gasteiger charge is -2.20. The first kappa shape index (κ1) is 23.7. The molecule has 164 valence electrons. The molecule has 0 fully saturated rings. The summed E-state index contributed by atoms with van der Waals surface area (Å²) in [5, 5.41) is 5.53. The Morgan fingerprint density at radius 2 is 1.90 bits per heavy atom. The summed E-state index contributed by atoms with van der Waals surface area (Å²) in [6, 6.07) is 5.38. The SMILES string of the molecule is COC(=O)[C@H](CSC(CS(=O)(=O)c1ccc(C)cc1)n1ncn(C)c1=O)NC(C)=O. The Labute approximate surface area is 178 Å². The smallest absolute Gasteiger partial charge is 0.346 e. The quantitative estimate of drug-likeness (QED) is 0.533. The summed E-state index contributed by atoms with van der Waals surface area (Å²) in [6.45, 7) is 3.10. The molecule has 0 aliphatic carbocycles. The number of amides is 1. The second kappa shape index (κ2) is 9.94. The number of aromatic nitrogens is 3. The monoisotopic (exact) mass is 456 g/mol. The third-order valence-corrected chi connectivity index (χ3v) is 7.41. The van der Waals surface area contributed by atoms with Gasteiger partial charge in [-0.3, -0.25) is 9.36 Å². The van der Waals surface area contributed by atoms with Crippen LogP contribution in [0.2, 0.25) is 0 Å². The van der Waals surface area contributed by atoms with E-state index < -0.39 is 44.6 Å². The highest BCUT2D eigenvalue weighted by Gasteiger charge is 2.29. The molecule has 0 bridgehead atoms. The number of methoxy groups -OCH3 is 1. The number of hydrogen-bond acceptors (Lipinski definition) is 8. The van der Waals surface area contributed by atoms with Crippen LogP contribution in [-0.4, -0.2) is 59.3 Å². The molecule has 2 rings (SSSR count). The van der Waals surface area contributed by atoms with Gasteiger partial charge in [-0.05, 0) is 19.1 Å². The number of sulfone groups is 1. The van der Waals surface area contributed by atoms with E-state index in [1.54, 1.807) is 12.1 Å². The molecule has 0 saturated carbocycles. The highest BCUT2D eigenvalue weighted by molar-refractivity contribution is 8.00. The van der Waals surface area contributed by atoms with Crippen molar-refractivity contribution < 1.29 is 22.7 Å². The van der Waals surface area contributed by atoms with E-state index in [0.29, 0.717) is 0 Å². The van der Waals surface area contributed by atoms with E-state index in [1.807, 2.05) is 6.92 Å². The van der Waals surface area contributed by atoms with Gasteiger partial charge in [0.15, 0.2) is 9.84 Å². The van der Waals surface area contributed by atoms with Crippen LogP contribution in [0.1, 0.15) is 17.9 Å². The summed E-state index contributed by atoms with van der Waals surface area (Å²) in [5.41, 5.74) is 0.415. The van der Waals surface area contributed by atoms with Crippen LogP contribution < -0.4 is 11.0 Å². The van der Waals surface area contributed by atoms with E-state index in [1.165, 1.54) is 44.1 Å². The van der Waals surface area contributed by atoms with Gasteiger partial charge in [0.1, 0.15) is 17.7 Å². The predicted octanol–water partition coefficient (Wildman–Crippen LogP) is 0.274. The molecule has 1 N–H and O–H groups in total. The van der Waals surface area contributed by atoms with Crippen LogP contribution in [0.4, 0.5) is 0 Å². The molecule has 2 aromatic rings. The lowest BCUT2D eigenvalue weighted by molar-refractivity contribution is -0.144. The van der Waals surface area contributed by atoms with Crippen molar-refractivity contribution in [2.45, 2.75) is 30.2 Å². The number of nitrogens with one attached hydrogen (secondary N) is 1. The van der Waals surface area contributed by atoms with Crippen LogP contribution in [0.15, 0.2) is 40.3 Å². The fraction of sp³-hybridized carbons (Fsp3) is 0.444. The second-order valence-corrected chi connectivity index (χ2v) is 9.87. The van der Waals surface area contributed by atoms with Crippen LogP contribution in [-0.2, 0) is 31.2 Å². The first-order valence-corrected chi connectivity index (χ1v) is 11.6. The number of aryl methyl sites for hydroxylation is 2. The van der Waals surface area contributed by atoms with Gasteiger partial charge in [0, 0.05) is 19.7 Å². The second-order valence-electron chi connectivity index (χ2n) is 6.63. The van der Waals surface area contributed by atoms with E-state index >= 15 is 0 Å². The third kappa shape index (κ3) is 5.95. The molecular weight excluding hydrogens is 432 g/mol. The first-order valence-electron chi connectivity index (χ1n) is 8.91. The highest BCUT2D eigenvalue weighted by atomic mass is 32.2. The number of rotatable bonds is 9. The van der Waals surface area contributed by atoms with E-state index in [0.717, 1.165) is 22.0 Å². The molecular formula is C18H24N4O6S2. The van der Waals surface area contributed by atoms with E-state index in [2.05, 4.69) is 15.2 Å². The molecule has 2 atom stereocenters. The molecule has 0 aliphatic heterocycles. The number of esters is 1. The average Bonchev–Trinajstić information content (AvgIpc) is 3.02. The van der Waals surface area contributed by atoms with Gasteiger partial charge in [0.05, 0.1) is 17.8 Å². The highest BCUT2D eigenvalue weighted by Crippen LogP contribution is 2.26. The average molecular weight is 457 g/mol. The van der Waals surface area contributed by atoms with Crippen molar-refractivity contribution >= 4 is 33.5 Å². The van der Waals surface area contributed by atoms with Crippen LogP contribution in [0.25, 0.3) is 0 Å². The predicted molar refractivity (Wildman–Crippen MR) is 112 cm³/mol. The Bertz CT molecular complexity index is 1060. The van der Waals surface area contributed by atoms with Crippen molar-refractivity contribution in [1.82, 2.24) is 19.7 Å². The maximum absolute atomic E-state index is 12.9. The minimum Gasteiger partial charge on any atom is -0.467 e. The standard InChI is InChI=1S/C18H24N4O6S2/c1-12-5-7-14(8-6-12)30(26,27)10-16(22-18(25)21(3)11-19-22)29-9-15(17(24)28-4)20-13(2)23/h5-8,11,15-16H,9-10H2,1-4H3,(H,20,23)/t15-,16?/m0/s1. The minimum atomic E-state index is -3.76. The van der Waals surface area contributed by atoms with E-state index in [9.17, 15) is 22.8 Å².